The smallest absolute Gasteiger partial charge is 0.264 e. The Morgan fingerprint density at radius 2 is 1.76 bits per heavy atom. The van der Waals surface area contributed by atoms with Crippen LogP contribution >= 0.6 is 46.5 Å². The van der Waals surface area contributed by atoms with E-state index in [2.05, 4.69) is 18.8 Å². The minimum Gasteiger partial charge on any atom is -0.351 e. The molecule has 1 heterocycles. The predicted octanol–water partition coefficient (Wildman–Crippen LogP) is 5.99. The van der Waals surface area contributed by atoms with Crippen LogP contribution in [0.15, 0.2) is 59.5 Å². The molecule has 0 radical (unpaired) electrons. The number of rotatable bonds is 7. The normalized spacial score (nSPS) is 12.5. The average Bonchev–Trinajstić information content (AvgIpc) is 3.28. The molecule has 0 aliphatic rings. The molecule has 0 aliphatic heterocycles. The Bertz CT molecular complexity index is 1490. The van der Waals surface area contributed by atoms with Crippen molar-refractivity contribution in [1.82, 2.24) is 14.1 Å². The lowest BCUT2D eigenvalue weighted by Crippen LogP contribution is -2.29. The number of halogens is 3. The van der Waals surface area contributed by atoms with Gasteiger partial charge in [0.2, 0.25) is 0 Å². The molecule has 3 aromatic carbocycles. The molecule has 0 spiro atoms. The molecule has 0 saturated heterocycles. The molecular weight excluding hydrogens is 539 g/mol. The van der Waals surface area contributed by atoms with Crippen LogP contribution in [-0.4, -0.2) is 29.6 Å². The second-order valence-electron chi connectivity index (χ2n) is 7.44. The number of carbonyl (C=O) groups is 1. The topological polar surface area (TPSA) is 101 Å². The van der Waals surface area contributed by atoms with E-state index < -0.39 is 15.9 Å². The van der Waals surface area contributed by atoms with Crippen LogP contribution in [0.2, 0.25) is 15.1 Å². The fraction of sp³-hybridized carbons (Fsp3) is 0.136. The highest BCUT2D eigenvalue weighted by Crippen LogP contribution is 2.30. The summed E-state index contributed by atoms with van der Waals surface area (Å²) in [7, 11) is -4.08. The van der Waals surface area contributed by atoms with Gasteiger partial charge in [-0.3, -0.25) is 9.52 Å². The third-order valence-corrected chi connectivity index (χ3v) is 8.10. The zero-order valence-corrected chi connectivity index (χ0v) is 21.5. The molecule has 1 atom stereocenters. The van der Waals surface area contributed by atoms with E-state index in [0.717, 1.165) is 17.3 Å². The van der Waals surface area contributed by atoms with Crippen LogP contribution in [0.1, 0.15) is 28.8 Å². The number of hydrogen-bond donors (Lipinski definition) is 2. The standard InChI is InChI=1S/C22H17Cl3N4O3S2/c1-12(13-8-9-14(23)16(25)10-13)11-26-22(30)20-15(24)4-2-5-17(20)29-34(31,32)19-7-3-6-18-21(19)28-33-27-18/h2-10,12,29H,11H2,1H3,(H,26,30). The van der Waals surface area contributed by atoms with Crippen molar-refractivity contribution >= 4 is 79.2 Å². The minimum absolute atomic E-state index is 0.0117. The fourth-order valence-electron chi connectivity index (χ4n) is 3.31. The number of carbonyl (C=O) groups excluding carboxylic acids is 1. The molecule has 176 valence electrons. The highest BCUT2D eigenvalue weighted by atomic mass is 35.5. The monoisotopic (exact) mass is 554 g/mol. The molecule has 0 saturated carbocycles. The molecule has 1 aromatic heterocycles. The summed E-state index contributed by atoms with van der Waals surface area (Å²) >= 11 is 19.3. The number of fused-ring (bicyclic) bond motifs is 1. The Labute approximate surface area is 215 Å². The van der Waals surface area contributed by atoms with Crippen LogP contribution in [0.4, 0.5) is 5.69 Å². The highest BCUT2D eigenvalue weighted by molar-refractivity contribution is 7.93. The summed E-state index contributed by atoms with van der Waals surface area (Å²) in [5.41, 5.74) is 1.67. The summed E-state index contributed by atoms with van der Waals surface area (Å²) in [6.07, 6.45) is 0. The van der Waals surface area contributed by atoms with Crippen molar-refractivity contribution in [2.24, 2.45) is 0 Å². The lowest BCUT2D eigenvalue weighted by molar-refractivity contribution is 0.0952. The van der Waals surface area contributed by atoms with Crippen molar-refractivity contribution in [3.05, 3.63) is 80.8 Å². The molecule has 0 fully saturated rings. The molecule has 0 bridgehead atoms. The molecule has 4 rings (SSSR count). The first-order valence-corrected chi connectivity index (χ1v) is 13.3. The van der Waals surface area contributed by atoms with Gasteiger partial charge in [-0.15, -0.1) is 0 Å². The molecule has 12 heteroatoms. The Morgan fingerprint density at radius 1 is 1.00 bits per heavy atom. The fourth-order valence-corrected chi connectivity index (χ4v) is 5.72. The number of benzene rings is 3. The molecular formula is C22H17Cl3N4O3S2. The van der Waals surface area contributed by atoms with Gasteiger partial charge in [-0.2, -0.15) is 8.75 Å². The van der Waals surface area contributed by atoms with Gasteiger partial charge in [0, 0.05) is 6.54 Å². The third-order valence-electron chi connectivity index (χ3n) is 5.10. The Morgan fingerprint density at radius 3 is 2.53 bits per heavy atom. The number of hydrogen-bond acceptors (Lipinski definition) is 6. The first-order chi connectivity index (χ1) is 16.2. The van der Waals surface area contributed by atoms with E-state index in [1.807, 2.05) is 13.0 Å². The lowest BCUT2D eigenvalue weighted by atomic mass is 10.0. The summed E-state index contributed by atoms with van der Waals surface area (Å²) in [5.74, 6) is -0.611. The summed E-state index contributed by atoms with van der Waals surface area (Å²) in [6.45, 7) is 2.18. The van der Waals surface area contributed by atoms with Gasteiger partial charge in [0.25, 0.3) is 15.9 Å². The van der Waals surface area contributed by atoms with Crippen molar-refractivity contribution in [2.75, 3.05) is 11.3 Å². The van der Waals surface area contributed by atoms with Crippen molar-refractivity contribution in [2.45, 2.75) is 17.7 Å². The van der Waals surface area contributed by atoms with Gasteiger partial charge in [0.05, 0.1) is 38.0 Å². The van der Waals surface area contributed by atoms with Gasteiger partial charge in [0.15, 0.2) is 0 Å². The minimum atomic E-state index is -4.08. The van der Waals surface area contributed by atoms with Gasteiger partial charge in [-0.25, -0.2) is 8.42 Å². The molecule has 1 unspecified atom stereocenters. The SMILES string of the molecule is CC(CNC(=O)c1c(Cl)cccc1NS(=O)(=O)c1cccc2nsnc12)c1ccc(Cl)c(Cl)c1. The highest BCUT2D eigenvalue weighted by Gasteiger charge is 2.24. The number of nitrogens with zero attached hydrogens (tertiary/aromatic N) is 2. The third kappa shape index (κ3) is 5.13. The maximum atomic E-state index is 13.1. The second-order valence-corrected chi connectivity index (χ2v) is 10.8. The average molecular weight is 556 g/mol. The van der Waals surface area contributed by atoms with Crippen LogP contribution in [0.5, 0.6) is 0 Å². The molecule has 0 aliphatic carbocycles. The number of sulfonamides is 1. The van der Waals surface area contributed by atoms with Crippen molar-refractivity contribution in [3.8, 4) is 0 Å². The molecule has 4 aromatic rings. The molecule has 2 N–H and O–H groups in total. The van der Waals surface area contributed by atoms with E-state index in [-0.39, 0.29) is 39.1 Å². The van der Waals surface area contributed by atoms with E-state index in [1.54, 1.807) is 30.3 Å². The summed E-state index contributed by atoms with van der Waals surface area (Å²) < 4.78 is 36.9. The molecule has 34 heavy (non-hydrogen) atoms. The maximum Gasteiger partial charge on any atom is 0.264 e. The van der Waals surface area contributed by atoms with Crippen molar-refractivity contribution < 1.29 is 13.2 Å². The number of aromatic nitrogens is 2. The van der Waals surface area contributed by atoms with Gasteiger partial charge < -0.3 is 5.32 Å². The van der Waals surface area contributed by atoms with E-state index in [1.165, 1.54) is 18.2 Å². The van der Waals surface area contributed by atoms with Crippen molar-refractivity contribution in [3.63, 3.8) is 0 Å². The maximum absolute atomic E-state index is 13.1. The van der Waals surface area contributed by atoms with E-state index in [0.29, 0.717) is 15.6 Å². The first kappa shape index (κ1) is 24.7. The summed E-state index contributed by atoms with van der Waals surface area (Å²) in [4.78, 5) is 13.0. The van der Waals surface area contributed by atoms with Crippen LogP contribution in [0.25, 0.3) is 11.0 Å². The number of amides is 1. The van der Waals surface area contributed by atoms with E-state index in [9.17, 15) is 13.2 Å². The largest absolute Gasteiger partial charge is 0.351 e. The molecule has 1 amide bonds. The van der Waals surface area contributed by atoms with Crippen molar-refractivity contribution in [1.29, 1.82) is 0 Å². The quantitative estimate of drug-likeness (QED) is 0.292. The van der Waals surface area contributed by atoms with Gasteiger partial charge in [-0.05, 0) is 47.9 Å². The van der Waals surface area contributed by atoms with Gasteiger partial charge in [-0.1, -0.05) is 59.9 Å². The predicted molar refractivity (Wildman–Crippen MR) is 137 cm³/mol. The van der Waals surface area contributed by atoms with Crippen LogP contribution in [0, 0.1) is 0 Å². The van der Waals surface area contributed by atoms with Crippen LogP contribution < -0.4 is 10.0 Å². The van der Waals surface area contributed by atoms with E-state index >= 15 is 0 Å². The van der Waals surface area contributed by atoms with Crippen LogP contribution in [0.3, 0.4) is 0 Å². The number of anilines is 1. The van der Waals surface area contributed by atoms with Crippen LogP contribution in [-0.2, 0) is 10.0 Å². The summed E-state index contributed by atoms with van der Waals surface area (Å²) in [5, 5.41) is 3.78. The first-order valence-electron chi connectivity index (χ1n) is 9.93. The Kier molecular flexibility index (Phi) is 7.30. The zero-order valence-electron chi connectivity index (χ0n) is 17.6. The Balaban J connectivity index is 1.57. The van der Waals surface area contributed by atoms with Gasteiger partial charge >= 0.3 is 0 Å². The lowest BCUT2D eigenvalue weighted by Gasteiger charge is -2.17. The summed E-state index contributed by atoms with van der Waals surface area (Å²) in [6, 6.07) is 14.5. The molecule has 7 nitrogen and oxygen atoms in total. The number of nitrogens with one attached hydrogen (secondary N) is 2. The Hall–Kier alpha value is -2.43. The van der Waals surface area contributed by atoms with E-state index in [4.69, 9.17) is 34.8 Å². The zero-order chi connectivity index (χ0) is 24.5. The van der Waals surface area contributed by atoms with Gasteiger partial charge in [0.1, 0.15) is 15.9 Å². The second kappa shape index (κ2) is 10.1.